The number of nitrogens with one attached hydrogen (secondary N) is 2. The van der Waals surface area contributed by atoms with Crippen LogP contribution in [0.2, 0.25) is 0 Å². The molecule has 1 amide bonds. The molecule has 3 rings (SSSR count). The number of aryl methyl sites for hydroxylation is 1. The second-order valence-electron chi connectivity index (χ2n) is 5.37. The van der Waals surface area contributed by atoms with Gasteiger partial charge in [0.2, 0.25) is 0 Å². The van der Waals surface area contributed by atoms with Crippen molar-refractivity contribution in [3.8, 4) is 11.3 Å². The standard InChI is InChI=1S/C15H19N3O2S/c1-9(14-4-3-5-20-14)17-15(19)12-6-11(7-16-12)13-8-21-10(2)18-13/h6-9,14,16H,3-5H2,1-2H3,(H,17,19). The number of amides is 1. The fourth-order valence-corrected chi connectivity index (χ4v) is 3.17. The van der Waals surface area contributed by atoms with E-state index in [1.165, 1.54) is 0 Å². The minimum Gasteiger partial charge on any atom is -0.376 e. The van der Waals surface area contributed by atoms with Gasteiger partial charge in [0.15, 0.2) is 0 Å². The van der Waals surface area contributed by atoms with Crippen LogP contribution in [0.25, 0.3) is 11.3 Å². The summed E-state index contributed by atoms with van der Waals surface area (Å²) in [7, 11) is 0. The van der Waals surface area contributed by atoms with E-state index in [-0.39, 0.29) is 18.1 Å². The second-order valence-corrected chi connectivity index (χ2v) is 6.43. The van der Waals surface area contributed by atoms with Gasteiger partial charge in [-0.05, 0) is 32.8 Å². The van der Waals surface area contributed by atoms with Gasteiger partial charge in [-0.1, -0.05) is 0 Å². The summed E-state index contributed by atoms with van der Waals surface area (Å²) >= 11 is 1.60. The van der Waals surface area contributed by atoms with Gasteiger partial charge in [0.25, 0.3) is 5.91 Å². The predicted octanol–water partition coefficient (Wildman–Crippen LogP) is 2.74. The average molecular weight is 305 g/mol. The third-order valence-electron chi connectivity index (χ3n) is 3.72. The van der Waals surface area contributed by atoms with Gasteiger partial charge in [0.05, 0.1) is 22.8 Å². The number of aromatic amines is 1. The fourth-order valence-electron chi connectivity index (χ4n) is 2.54. The monoisotopic (exact) mass is 305 g/mol. The molecule has 0 aromatic carbocycles. The Bertz CT molecular complexity index is 628. The number of thiazole rings is 1. The molecule has 5 nitrogen and oxygen atoms in total. The summed E-state index contributed by atoms with van der Waals surface area (Å²) < 4.78 is 5.60. The predicted molar refractivity (Wildman–Crippen MR) is 82.5 cm³/mol. The zero-order chi connectivity index (χ0) is 14.8. The van der Waals surface area contributed by atoms with Crippen LogP contribution in [0.5, 0.6) is 0 Å². The first-order valence-electron chi connectivity index (χ1n) is 7.17. The lowest BCUT2D eigenvalue weighted by molar-refractivity contribution is 0.0710. The smallest absolute Gasteiger partial charge is 0.268 e. The third-order valence-corrected chi connectivity index (χ3v) is 4.50. The maximum atomic E-state index is 12.2. The Labute approximate surface area is 127 Å². The number of hydrogen-bond donors (Lipinski definition) is 2. The highest BCUT2D eigenvalue weighted by atomic mass is 32.1. The highest BCUT2D eigenvalue weighted by Gasteiger charge is 2.24. The summed E-state index contributed by atoms with van der Waals surface area (Å²) in [6.45, 7) is 4.75. The van der Waals surface area contributed by atoms with E-state index in [2.05, 4.69) is 15.3 Å². The Kier molecular flexibility index (Phi) is 4.07. The summed E-state index contributed by atoms with van der Waals surface area (Å²) in [5, 5.41) is 6.01. The average Bonchev–Trinajstić information content (AvgIpc) is 3.19. The molecule has 2 atom stereocenters. The third kappa shape index (κ3) is 3.16. The summed E-state index contributed by atoms with van der Waals surface area (Å²) in [6.07, 6.45) is 4.03. The van der Waals surface area contributed by atoms with E-state index < -0.39 is 0 Å². The molecule has 0 bridgehead atoms. The van der Waals surface area contributed by atoms with Crippen molar-refractivity contribution in [2.75, 3.05) is 6.61 Å². The van der Waals surface area contributed by atoms with E-state index in [4.69, 9.17) is 4.74 Å². The Morgan fingerprint density at radius 3 is 3.14 bits per heavy atom. The SMILES string of the molecule is Cc1nc(-c2c[nH]c(C(=O)NC(C)C3CCCO3)c2)cs1. The molecule has 3 heterocycles. The van der Waals surface area contributed by atoms with Gasteiger partial charge in [-0.2, -0.15) is 0 Å². The first kappa shape index (κ1) is 14.3. The van der Waals surface area contributed by atoms with Crippen molar-refractivity contribution in [3.63, 3.8) is 0 Å². The van der Waals surface area contributed by atoms with Crippen LogP contribution in [-0.2, 0) is 4.74 Å². The highest BCUT2D eigenvalue weighted by molar-refractivity contribution is 7.09. The van der Waals surface area contributed by atoms with Gasteiger partial charge in [0.1, 0.15) is 5.69 Å². The van der Waals surface area contributed by atoms with Gasteiger partial charge in [-0.15, -0.1) is 11.3 Å². The number of carbonyl (C=O) groups excluding carboxylic acids is 1. The van der Waals surface area contributed by atoms with E-state index in [0.717, 1.165) is 35.7 Å². The molecule has 2 aromatic rings. The quantitative estimate of drug-likeness (QED) is 0.912. The van der Waals surface area contributed by atoms with Crippen LogP contribution in [0.15, 0.2) is 17.6 Å². The number of nitrogens with zero attached hydrogens (tertiary/aromatic N) is 1. The van der Waals surface area contributed by atoms with Crippen LogP contribution in [0.4, 0.5) is 0 Å². The lowest BCUT2D eigenvalue weighted by Gasteiger charge is -2.19. The molecule has 1 saturated heterocycles. The van der Waals surface area contributed by atoms with Crippen LogP contribution in [0.1, 0.15) is 35.3 Å². The number of hydrogen-bond acceptors (Lipinski definition) is 4. The van der Waals surface area contributed by atoms with E-state index in [1.54, 1.807) is 11.3 Å². The zero-order valence-corrected chi connectivity index (χ0v) is 13.0. The summed E-state index contributed by atoms with van der Waals surface area (Å²) in [5.74, 6) is -0.101. The number of carbonyl (C=O) groups is 1. The maximum absolute atomic E-state index is 12.2. The Morgan fingerprint density at radius 1 is 1.62 bits per heavy atom. The zero-order valence-electron chi connectivity index (χ0n) is 12.2. The van der Waals surface area contributed by atoms with Crippen molar-refractivity contribution in [1.29, 1.82) is 0 Å². The summed E-state index contributed by atoms with van der Waals surface area (Å²) in [5.41, 5.74) is 2.40. The van der Waals surface area contributed by atoms with Crippen molar-refractivity contribution in [3.05, 3.63) is 28.3 Å². The van der Waals surface area contributed by atoms with Gasteiger partial charge in [0, 0.05) is 23.7 Å². The molecule has 2 N–H and O–H groups in total. The molecule has 0 radical (unpaired) electrons. The highest BCUT2D eigenvalue weighted by Crippen LogP contribution is 2.22. The van der Waals surface area contributed by atoms with Crippen molar-refractivity contribution < 1.29 is 9.53 Å². The lowest BCUT2D eigenvalue weighted by atomic mass is 10.1. The van der Waals surface area contributed by atoms with Crippen LogP contribution < -0.4 is 5.32 Å². The van der Waals surface area contributed by atoms with E-state index >= 15 is 0 Å². The van der Waals surface area contributed by atoms with Crippen LogP contribution in [0, 0.1) is 6.92 Å². The maximum Gasteiger partial charge on any atom is 0.268 e. The van der Waals surface area contributed by atoms with Crippen molar-refractivity contribution in [1.82, 2.24) is 15.3 Å². The fraction of sp³-hybridized carbons (Fsp3) is 0.467. The number of ether oxygens (including phenoxy) is 1. The molecule has 0 spiro atoms. The summed E-state index contributed by atoms with van der Waals surface area (Å²) in [4.78, 5) is 19.7. The van der Waals surface area contributed by atoms with Crippen LogP contribution in [-0.4, -0.2) is 34.6 Å². The first-order valence-corrected chi connectivity index (χ1v) is 8.05. The summed E-state index contributed by atoms with van der Waals surface area (Å²) in [6, 6.07) is 1.86. The van der Waals surface area contributed by atoms with Crippen molar-refractivity contribution in [2.45, 2.75) is 38.8 Å². The minimum atomic E-state index is -0.101. The van der Waals surface area contributed by atoms with Crippen LogP contribution in [0.3, 0.4) is 0 Å². The molecule has 6 heteroatoms. The Balaban J connectivity index is 1.66. The first-order chi connectivity index (χ1) is 10.1. The van der Waals surface area contributed by atoms with Gasteiger partial charge in [-0.3, -0.25) is 4.79 Å². The molecule has 21 heavy (non-hydrogen) atoms. The van der Waals surface area contributed by atoms with Crippen LogP contribution >= 0.6 is 11.3 Å². The molecule has 0 aliphatic carbocycles. The van der Waals surface area contributed by atoms with Gasteiger partial charge >= 0.3 is 0 Å². The Hall–Kier alpha value is -1.66. The Morgan fingerprint density at radius 2 is 2.48 bits per heavy atom. The molecule has 1 aliphatic rings. The molecule has 1 fully saturated rings. The normalized spacial score (nSPS) is 19.6. The topological polar surface area (TPSA) is 67.0 Å². The van der Waals surface area contributed by atoms with Crippen molar-refractivity contribution in [2.24, 2.45) is 0 Å². The van der Waals surface area contributed by atoms with E-state index in [0.29, 0.717) is 5.69 Å². The minimum absolute atomic E-state index is 0.0215. The molecule has 0 saturated carbocycles. The van der Waals surface area contributed by atoms with E-state index in [9.17, 15) is 4.79 Å². The van der Waals surface area contributed by atoms with Gasteiger partial charge in [-0.25, -0.2) is 4.98 Å². The molecule has 112 valence electrons. The molecular formula is C15H19N3O2S. The molecule has 2 unspecified atom stereocenters. The molecule has 2 aromatic heterocycles. The number of H-pyrrole nitrogens is 1. The second kappa shape index (κ2) is 5.99. The number of aromatic nitrogens is 2. The lowest BCUT2D eigenvalue weighted by Crippen LogP contribution is -2.40. The van der Waals surface area contributed by atoms with Crippen molar-refractivity contribution >= 4 is 17.2 Å². The molecular weight excluding hydrogens is 286 g/mol. The largest absolute Gasteiger partial charge is 0.376 e. The van der Waals surface area contributed by atoms with Gasteiger partial charge < -0.3 is 15.0 Å². The van der Waals surface area contributed by atoms with E-state index in [1.807, 2.05) is 31.5 Å². The number of rotatable bonds is 4. The molecule has 1 aliphatic heterocycles.